The number of carbonyl (C=O) groups is 2. The van der Waals surface area contributed by atoms with Gasteiger partial charge in [-0.15, -0.1) is 0 Å². The topological polar surface area (TPSA) is 81.1 Å². The summed E-state index contributed by atoms with van der Waals surface area (Å²) in [5.41, 5.74) is 0.689. The molecule has 2 heterocycles. The van der Waals surface area contributed by atoms with E-state index in [0.717, 1.165) is 25.8 Å². The predicted molar refractivity (Wildman–Crippen MR) is 97.2 cm³/mol. The minimum atomic E-state index is -1.11. The SMILES string of the molecule is O=C1CCC2(CCN(C(=O)C(O)c3ccccc3)CC2)CN1CCCO. The smallest absolute Gasteiger partial charge is 0.256 e. The first kappa shape index (κ1) is 18.9. The standard InChI is InChI=1S/C20H28N2O4/c23-14-4-11-22-15-20(8-7-17(22)24)9-12-21(13-10-20)19(26)18(25)16-5-2-1-3-6-16/h1-3,5-6,18,23,25H,4,7-15H2. The number of nitrogens with zero attached hydrogens (tertiary/aromatic N) is 2. The molecule has 3 rings (SSSR count). The van der Waals surface area contributed by atoms with E-state index in [4.69, 9.17) is 5.11 Å². The average Bonchev–Trinajstić information content (AvgIpc) is 2.69. The van der Waals surface area contributed by atoms with Crippen LogP contribution in [0.5, 0.6) is 0 Å². The molecule has 2 saturated heterocycles. The molecular formula is C20H28N2O4. The minimum absolute atomic E-state index is 0.0673. The highest BCUT2D eigenvalue weighted by molar-refractivity contribution is 5.82. The molecule has 1 aromatic rings. The minimum Gasteiger partial charge on any atom is -0.396 e. The lowest BCUT2D eigenvalue weighted by Gasteiger charge is -2.47. The number of carbonyl (C=O) groups excluding carboxylic acids is 2. The van der Waals surface area contributed by atoms with Gasteiger partial charge in [0.05, 0.1) is 0 Å². The van der Waals surface area contributed by atoms with Crippen LogP contribution in [-0.4, -0.2) is 64.6 Å². The van der Waals surface area contributed by atoms with Gasteiger partial charge in [0.1, 0.15) is 0 Å². The molecule has 2 N–H and O–H groups in total. The monoisotopic (exact) mass is 360 g/mol. The lowest BCUT2D eigenvalue weighted by Crippen LogP contribution is -2.53. The molecule has 1 spiro atoms. The second-order valence-corrected chi connectivity index (χ2v) is 7.53. The number of amides is 2. The van der Waals surface area contributed by atoms with Gasteiger partial charge in [-0.05, 0) is 36.7 Å². The maximum atomic E-state index is 12.6. The maximum absolute atomic E-state index is 12.6. The number of rotatable bonds is 5. The molecule has 2 amide bonds. The van der Waals surface area contributed by atoms with Gasteiger partial charge in [-0.1, -0.05) is 30.3 Å². The van der Waals surface area contributed by atoms with Crippen LogP contribution in [0.1, 0.15) is 43.8 Å². The van der Waals surface area contributed by atoms with Crippen molar-refractivity contribution in [3.63, 3.8) is 0 Å². The summed E-state index contributed by atoms with van der Waals surface area (Å²) < 4.78 is 0. The van der Waals surface area contributed by atoms with Gasteiger partial charge in [0.2, 0.25) is 5.91 Å². The van der Waals surface area contributed by atoms with Crippen LogP contribution in [0.15, 0.2) is 30.3 Å². The van der Waals surface area contributed by atoms with Gasteiger partial charge >= 0.3 is 0 Å². The molecule has 2 fully saturated rings. The van der Waals surface area contributed by atoms with Gasteiger partial charge in [0, 0.05) is 39.2 Å². The first-order chi connectivity index (χ1) is 12.5. The Labute approximate surface area is 154 Å². The summed E-state index contributed by atoms with van der Waals surface area (Å²) in [5.74, 6) is -0.0721. The van der Waals surface area contributed by atoms with Crippen molar-refractivity contribution < 1.29 is 19.8 Å². The fourth-order valence-electron chi connectivity index (χ4n) is 4.13. The molecule has 1 atom stereocenters. The van der Waals surface area contributed by atoms with Crippen LogP contribution in [-0.2, 0) is 9.59 Å². The van der Waals surface area contributed by atoms with E-state index in [2.05, 4.69) is 0 Å². The zero-order valence-electron chi connectivity index (χ0n) is 15.1. The molecule has 0 bridgehead atoms. The van der Waals surface area contributed by atoms with Crippen molar-refractivity contribution in [3.8, 4) is 0 Å². The predicted octanol–water partition coefficient (Wildman–Crippen LogP) is 1.33. The molecule has 0 saturated carbocycles. The number of aliphatic hydroxyl groups excluding tert-OH is 2. The molecule has 0 radical (unpaired) electrons. The molecule has 1 aromatic carbocycles. The molecule has 0 aromatic heterocycles. The molecule has 6 heteroatoms. The number of hydrogen-bond donors (Lipinski definition) is 2. The van der Waals surface area contributed by atoms with E-state index in [1.165, 1.54) is 0 Å². The van der Waals surface area contributed by atoms with E-state index >= 15 is 0 Å². The quantitative estimate of drug-likeness (QED) is 0.830. The Bertz CT molecular complexity index is 626. The van der Waals surface area contributed by atoms with Gasteiger partial charge in [-0.3, -0.25) is 9.59 Å². The lowest BCUT2D eigenvalue weighted by molar-refractivity contribution is -0.147. The fraction of sp³-hybridized carbons (Fsp3) is 0.600. The normalized spacial score (nSPS) is 21.1. The molecule has 1 unspecified atom stereocenters. The highest BCUT2D eigenvalue weighted by Gasteiger charge is 2.42. The van der Waals surface area contributed by atoms with Crippen LogP contribution in [0.25, 0.3) is 0 Å². The van der Waals surface area contributed by atoms with Crippen LogP contribution in [0, 0.1) is 5.41 Å². The number of benzene rings is 1. The van der Waals surface area contributed by atoms with Gasteiger partial charge in [0.25, 0.3) is 5.91 Å². The highest BCUT2D eigenvalue weighted by Crippen LogP contribution is 2.40. The van der Waals surface area contributed by atoms with Crippen LogP contribution < -0.4 is 0 Å². The van der Waals surface area contributed by atoms with Crippen molar-refractivity contribution in [1.29, 1.82) is 0 Å². The van der Waals surface area contributed by atoms with Crippen molar-refractivity contribution in [2.45, 2.75) is 38.2 Å². The molecule has 142 valence electrons. The first-order valence-electron chi connectivity index (χ1n) is 9.45. The van der Waals surface area contributed by atoms with E-state index in [0.29, 0.717) is 38.0 Å². The lowest BCUT2D eigenvalue weighted by atomic mass is 9.72. The molecular weight excluding hydrogens is 332 g/mol. The third-order valence-corrected chi connectivity index (χ3v) is 5.82. The van der Waals surface area contributed by atoms with E-state index in [-0.39, 0.29) is 23.8 Å². The summed E-state index contributed by atoms with van der Waals surface area (Å²) in [5, 5.41) is 19.4. The Hall–Kier alpha value is -1.92. The summed E-state index contributed by atoms with van der Waals surface area (Å²) >= 11 is 0. The number of piperidine rings is 2. The Balaban J connectivity index is 1.58. The van der Waals surface area contributed by atoms with Crippen LogP contribution in [0.4, 0.5) is 0 Å². The van der Waals surface area contributed by atoms with Gasteiger partial charge in [-0.25, -0.2) is 0 Å². The largest absolute Gasteiger partial charge is 0.396 e. The number of aliphatic hydroxyl groups is 2. The second-order valence-electron chi connectivity index (χ2n) is 7.53. The number of hydrogen-bond acceptors (Lipinski definition) is 4. The summed E-state index contributed by atoms with van der Waals surface area (Å²) in [6.45, 7) is 2.65. The first-order valence-corrected chi connectivity index (χ1v) is 9.45. The number of likely N-dealkylation sites (tertiary alicyclic amines) is 2. The van der Waals surface area contributed by atoms with E-state index in [1.807, 2.05) is 23.1 Å². The average molecular weight is 360 g/mol. The molecule has 26 heavy (non-hydrogen) atoms. The maximum Gasteiger partial charge on any atom is 0.256 e. The zero-order valence-corrected chi connectivity index (χ0v) is 15.1. The summed E-state index contributed by atoms with van der Waals surface area (Å²) in [4.78, 5) is 28.3. The Morgan fingerprint density at radius 2 is 1.85 bits per heavy atom. The van der Waals surface area contributed by atoms with E-state index in [9.17, 15) is 14.7 Å². The molecule has 2 aliphatic rings. The van der Waals surface area contributed by atoms with Crippen molar-refractivity contribution in [1.82, 2.24) is 9.80 Å². The van der Waals surface area contributed by atoms with Crippen molar-refractivity contribution >= 4 is 11.8 Å². The van der Waals surface area contributed by atoms with Gasteiger partial charge in [-0.2, -0.15) is 0 Å². The van der Waals surface area contributed by atoms with Gasteiger partial charge < -0.3 is 20.0 Å². The fourth-order valence-corrected chi connectivity index (χ4v) is 4.13. The van der Waals surface area contributed by atoms with E-state index < -0.39 is 6.10 Å². The van der Waals surface area contributed by atoms with Crippen LogP contribution >= 0.6 is 0 Å². The van der Waals surface area contributed by atoms with Crippen molar-refractivity contribution in [3.05, 3.63) is 35.9 Å². The third-order valence-electron chi connectivity index (χ3n) is 5.82. The third kappa shape index (κ3) is 4.07. The van der Waals surface area contributed by atoms with Gasteiger partial charge in [0.15, 0.2) is 6.10 Å². The second kappa shape index (κ2) is 8.18. The zero-order chi connectivity index (χ0) is 18.6. The summed E-state index contributed by atoms with van der Waals surface area (Å²) in [6.07, 6.45) is 2.61. The molecule has 6 nitrogen and oxygen atoms in total. The van der Waals surface area contributed by atoms with Crippen LogP contribution in [0.2, 0.25) is 0 Å². The van der Waals surface area contributed by atoms with E-state index in [1.54, 1.807) is 17.0 Å². The van der Waals surface area contributed by atoms with Crippen molar-refractivity contribution in [2.75, 3.05) is 32.8 Å². The Kier molecular flexibility index (Phi) is 5.94. The van der Waals surface area contributed by atoms with Crippen LogP contribution in [0.3, 0.4) is 0 Å². The summed E-state index contributed by atoms with van der Waals surface area (Å²) in [6, 6.07) is 9.02. The van der Waals surface area contributed by atoms with Crippen molar-refractivity contribution in [2.24, 2.45) is 5.41 Å². The Morgan fingerprint density at radius 1 is 1.15 bits per heavy atom. The Morgan fingerprint density at radius 3 is 2.50 bits per heavy atom. The molecule has 2 aliphatic heterocycles. The highest BCUT2D eigenvalue weighted by atomic mass is 16.3. The summed E-state index contributed by atoms with van der Waals surface area (Å²) in [7, 11) is 0. The molecule has 0 aliphatic carbocycles.